The minimum absolute atomic E-state index is 0.258. The van der Waals surface area contributed by atoms with Gasteiger partial charge < -0.3 is 10.1 Å². The summed E-state index contributed by atoms with van der Waals surface area (Å²) in [6.45, 7) is 5.94. The predicted octanol–water partition coefficient (Wildman–Crippen LogP) is 5.02. The lowest BCUT2D eigenvalue weighted by Gasteiger charge is -2.18. The molecular formula is C26H24N2O3. The van der Waals surface area contributed by atoms with Crippen LogP contribution in [0.25, 0.3) is 5.57 Å². The monoisotopic (exact) mass is 412 g/mol. The van der Waals surface area contributed by atoms with Gasteiger partial charge in [0.15, 0.2) is 0 Å². The van der Waals surface area contributed by atoms with Crippen molar-refractivity contribution in [2.75, 3.05) is 17.3 Å². The lowest BCUT2D eigenvalue weighted by Crippen LogP contribution is -2.32. The number of hydrogen-bond acceptors (Lipinski definition) is 4. The fraction of sp³-hybridized carbons (Fsp3) is 0.154. The Kier molecular flexibility index (Phi) is 5.34. The van der Waals surface area contributed by atoms with E-state index in [1.165, 1.54) is 12.0 Å². The molecule has 0 fully saturated rings. The second kappa shape index (κ2) is 8.11. The molecule has 4 rings (SSSR count). The molecular weight excluding hydrogens is 388 g/mol. The lowest BCUT2D eigenvalue weighted by molar-refractivity contribution is -0.120. The van der Waals surface area contributed by atoms with Gasteiger partial charge in [0.1, 0.15) is 11.4 Å². The molecule has 0 unspecified atom stereocenters. The highest BCUT2D eigenvalue weighted by atomic mass is 16.5. The van der Waals surface area contributed by atoms with Crippen molar-refractivity contribution in [1.82, 2.24) is 0 Å². The molecule has 5 heteroatoms. The standard InChI is InChI=1S/C26H24N2O3/c1-16-10-13-19(14-11-16)23-24(27-20-15-17(2)9-12-18(20)3)26(30)28(25(23)29)21-7-5-6-8-22(21)31-4/h5-15,27H,1-4H3. The zero-order valence-corrected chi connectivity index (χ0v) is 18.0. The number of para-hydroxylation sites is 2. The van der Waals surface area contributed by atoms with Crippen LogP contribution < -0.4 is 15.0 Å². The second-order valence-corrected chi connectivity index (χ2v) is 7.68. The molecule has 3 aromatic carbocycles. The van der Waals surface area contributed by atoms with Crippen LogP contribution in [0.3, 0.4) is 0 Å². The lowest BCUT2D eigenvalue weighted by atomic mass is 10.0. The average Bonchev–Trinajstić information content (AvgIpc) is 3.00. The third-order valence-corrected chi connectivity index (χ3v) is 5.40. The topological polar surface area (TPSA) is 58.6 Å². The summed E-state index contributed by atoms with van der Waals surface area (Å²) in [5, 5.41) is 3.26. The third-order valence-electron chi connectivity index (χ3n) is 5.40. The smallest absolute Gasteiger partial charge is 0.282 e. The first-order valence-electron chi connectivity index (χ1n) is 10.1. The fourth-order valence-corrected chi connectivity index (χ4v) is 3.67. The van der Waals surface area contributed by atoms with E-state index in [0.29, 0.717) is 22.6 Å². The van der Waals surface area contributed by atoms with Gasteiger partial charge in [0, 0.05) is 5.69 Å². The molecule has 0 saturated heterocycles. The highest BCUT2D eigenvalue weighted by molar-refractivity contribution is 6.46. The van der Waals surface area contributed by atoms with Crippen molar-refractivity contribution >= 4 is 28.8 Å². The van der Waals surface area contributed by atoms with Crippen LogP contribution in [0.1, 0.15) is 22.3 Å². The van der Waals surface area contributed by atoms with E-state index < -0.39 is 5.91 Å². The first-order valence-corrected chi connectivity index (χ1v) is 10.1. The largest absolute Gasteiger partial charge is 0.495 e. The number of nitrogens with zero attached hydrogens (tertiary/aromatic N) is 1. The molecule has 0 atom stereocenters. The summed E-state index contributed by atoms with van der Waals surface area (Å²) in [4.78, 5) is 28.3. The molecule has 1 heterocycles. The van der Waals surface area contributed by atoms with Gasteiger partial charge in [-0.25, -0.2) is 4.90 Å². The van der Waals surface area contributed by atoms with Gasteiger partial charge in [-0.3, -0.25) is 9.59 Å². The van der Waals surface area contributed by atoms with Gasteiger partial charge in [0.2, 0.25) is 0 Å². The number of aryl methyl sites for hydroxylation is 3. The van der Waals surface area contributed by atoms with Gasteiger partial charge >= 0.3 is 0 Å². The van der Waals surface area contributed by atoms with Gasteiger partial charge in [-0.2, -0.15) is 0 Å². The van der Waals surface area contributed by atoms with E-state index in [9.17, 15) is 9.59 Å². The molecule has 5 nitrogen and oxygen atoms in total. The maximum Gasteiger partial charge on any atom is 0.282 e. The molecule has 0 radical (unpaired) electrons. The van der Waals surface area contributed by atoms with E-state index in [4.69, 9.17) is 4.74 Å². The summed E-state index contributed by atoms with van der Waals surface area (Å²) < 4.78 is 5.41. The quantitative estimate of drug-likeness (QED) is 0.598. The number of rotatable bonds is 5. The van der Waals surface area contributed by atoms with Crippen molar-refractivity contribution in [3.05, 3.63) is 94.7 Å². The van der Waals surface area contributed by atoms with Crippen LogP contribution in [0.5, 0.6) is 5.75 Å². The van der Waals surface area contributed by atoms with Crippen LogP contribution in [0.2, 0.25) is 0 Å². The minimum atomic E-state index is -0.411. The van der Waals surface area contributed by atoms with Crippen molar-refractivity contribution in [1.29, 1.82) is 0 Å². The normalized spacial score (nSPS) is 13.7. The van der Waals surface area contributed by atoms with Crippen molar-refractivity contribution in [2.45, 2.75) is 20.8 Å². The Labute approximate surface area is 182 Å². The molecule has 1 aliphatic rings. The Morgan fingerprint density at radius 1 is 0.806 bits per heavy atom. The van der Waals surface area contributed by atoms with Crippen LogP contribution in [0.15, 0.2) is 72.4 Å². The Hall–Kier alpha value is -3.86. The summed E-state index contributed by atoms with van der Waals surface area (Å²) in [5.74, 6) is -0.336. The van der Waals surface area contributed by atoms with Gasteiger partial charge in [-0.1, -0.05) is 54.1 Å². The third kappa shape index (κ3) is 3.70. The number of benzene rings is 3. The Morgan fingerprint density at radius 2 is 1.48 bits per heavy atom. The van der Waals surface area contributed by atoms with E-state index in [2.05, 4.69) is 5.32 Å². The highest BCUT2D eigenvalue weighted by Crippen LogP contribution is 2.38. The molecule has 0 aromatic heterocycles. The Bertz CT molecular complexity index is 1210. The summed E-state index contributed by atoms with van der Waals surface area (Å²) in [7, 11) is 1.52. The van der Waals surface area contributed by atoms with Crippen molar-refractivity contribution < 1.29 is 14.3 Å². The van der Waals surface area contributed by atoms with E-state index in [0.717, 1.165) is 22.4 Å². The summed E-state index contributed by atoms with van der Waals surface area (Å²) in [5.41, 5.74) is 5.62. The first-order chi connectivity index (χ1) is 14.9. The number of imide groups is 1. The molecule has 31 heavy (non-hydrogen) atoms. The van der Waals surface area contributed by atoms with E-state index in [-0.39, 0.29) is 11.6 Å². The maximum absolute atomic E-state index is 13.6. The number of ether oxygens (including phenoxy) is 1. The number of hydrogen-bond donors (Lipinski definition) is 1. The van der Waals surface area contributed by atoms with Crippen LogP contribution >= 0.6 is 0 Å². The number of anilines is 2. The predicted molar refractivity (Wildman–Crippen MR) is 123 cm³/mol. The Morgan fingerprint density at radius 3 is 2.19 bits per heavy atom. The van der Waals surface area contributed by atoms with E-state index in [1.54, 1.807) is 24.3 Å². The SMILES string of the molecule is COc1ccccc1N1C(=O)C(Nc2cc(C)ccc2C)=C(c2ccc(C)cc2)C1=O. The minimum Gasteiger partial charge on any atom is -0.495 e. The molecule has 0 aliphatic carbocycles. The van der Waals surface area contributed by atoms with Crippen LogP contribution in [-0.2, 0) is 9.59 Å². The summed E-state index contributed by atoms with van der Waals surface area (Å²) >= 11 is 0. The molecule has 1 N–H and O–H groups in total. The van der Waals surface area contributed by atoms with Gasteiger partial charge in [0.25, 0.3) is 11.8 Å². The van der Waals surface area contributed by atoms with Crippen LogP contribution in [0, 0.1) is 20.8 Å². The first kappa shape index (κ1) is 20.4. The molecule has 0 saturated carbocycles. The van der Waals surface area contributed by atoms with Gasteiger partial charge in [-0.05, 0) is 55.7 Å². The molecule has 156 valence electrons. The van der Waals surface area contributed by atoms with Crippen molar-refractivity contribution in [3.63, 3.8) is 0 Å². The molecule has 2 amide bonds. The summed E-state index contributed by atoms with van der Waals surface area (Å²) in [6.07, 6.45) is 0. The number of nitrogens with one attached hydrogen (secondary N) is 1. The van der Waals surface area contributed by atoms with Gasteiger partial charge in [0.05, 0.1) is 18.4 Å². The zero-order valence-electron chi connectivity index (χ0n) is 18.0. The highest BCUT2D eigenvalue weighted by Gasteiger charge is 2.41. The average molecular weight is 412 g/mol. The van der Waals surface area contributed by atoms with Crippen LogP contribution in [0.4, 0.5) is 11.4 Å². The molecule has 3 aromatic rings. The number of amides is 2. The Balaban J connectivity index is 1.87. The molecule has 0 spiro atoms. The molecule has 0 bridgehead atoms. The van der Waals surface area contributed by atoms with Crippen molar-refractivity contribution in [2.24, 2.45) is 0 Å². The van der Waals surface area contributed by atoms with E-state index in [1.807, 2.05) is 63.2 Å². The van der Waals surface area contributed by atoms with Crippen LogP contribution in [-0.4, -0.2) is 18.9 Å². The maximum atomic E-state index is 13.6. The number of carbonyl (C=O) groups is 2. The molecule has 1 aliphatic heterocycles. The van der Waals surface area contributed by atoms with E-state index >= 15 is 0 Å². The zero-order chi connectivity index (χ0) is 22.1. The fourth-order valence-electron chi connectivity index (χ4n) is 3.67. The van der Waals surface area contributed by atoms with Gasteiger partial charge in [-0.15, -0.1) is 0 Å². The second-order valence-electron chi connectivity index (χ2n) is 7.68. The number of methoxy groups -OCH3 is 1. The summed E-state index contributed by atoms with van der Waals surface area (Å²) in [6, 6.07) is 20.6. The number of carbonyl (C=O) groups excluding carboxylic acids is 2. The van der Waals surface area contributed by atoms with Crippen molar-refractivity contribution in [3.8, 4) is 5.75 Å².